The minimum Gasteiger partial charge on any atom is -0.480 e. The van der Waals surface area contributed by atoms with Gasteiger partial charge in [-0.15, -0.1) is 0 Å². The number of alkyl halides is 2. The van der Waals surface area contributed by atoms with Crippen molar-refractivity contribution in [2.24, 2.45) is 0 Å². The second-order valence-corrected chi connectivity index (χ2v) is 6.27. The van der Waals surface area contributed by atoms with Gasteiger partial charge in [-0.05, 0) is 24.3 Å². The van der Waals surface area contributed by atoms with Crippen LogP contribution < -0.4 is 5.32 Å². The third-order valence-electron chi connectivity index (χ3n) is 4.27. The van der Waals surface area contributed by atoms with Crippen molar-refractivity contribution in [1.29, 1.82) is 0 Å². The summed E-state index contributed by atoms with van der Waals surface area (Å²) in [6, 6.07) is 15.4. The molecule has 0 radical (unpaired) electrons. The molecule has 1 amide bonds. The average Bonchev–Trinajstić information content (AvgIpc) is 3.04. The van der Waals surface area contributed by atoms with Gasteiger partial charge in [0.25, 0.3) is 0 Å². The lowest BCUT2D eigenvalue weighted by molar-refractivity contribution is -0.143. The Morgan fingerprint density at radius 3 is 2.43 bits per heavy atom. The zero-order chi connectivity index (χ0) is 20.1. The first-order valence-electron chi connectivity index (χ1n) is 8.78. The normalized spacial score (nSPS) is 12.2. The van der Waals surface area contributed by atoms with E-state index in [1.807, 2.05) is 59.2 Å². The lowest BCUT2D eigenvalue weighted by atomic mass is 10.2. The van der Waals surface area contributed by atoms with Crippen LogP contribution in [-0.4, -0.2) is 39.0 Å². The highest BCUT2D eigenvalue weighted by molar-refractivity contribution is 5.84. The summed E-state index contributed by atoms with van der Waals surface area (Å²) in [4.78, 5) is 27.7. The number of carboxylic acids is 1. The van der Waals surface area contributed by atoms with Gasteiger partial charge >= 0.3 is 5.97 Å². The van der Waals surface area contributed by atoms with E-state index in [2.05, 4.69) is 10.3 Å². The lowest BCUT2D eigenvalue weighted by Crippen LogP contribution is -2.42. The summed E-state index contributed by atoms with van der Waals surface area (Å²) in [5, 5.41) is 11.1. The average molecular weight is 387 g/mol. The number of aromatic nitrogens is 2. The van der Waals surface area contributed by atoms with Gasteiger partial charge in [-0.1, -0.05) is 30.3 Å². The number of nitrogens with zero attached hydrogens (tertiary/aromatic N) is 2. The number of hydrogen-bond acceptors (Lipinski definition) is 3. The Kier molecular flexibility index (Phi) is 5.98. The fourth-order valence-electron chi connectivity index (χ4n) is 3.00. The first-order valence-corrected chi connectivity index (χ1v) is 8.78. The van der Waals surface area contributed by atoms with Gasteiger partial charge in [-0.2, -0.15) is 0 Å². The van der Waals surface area contributed by atoms with Crippen LogP contribution in [0.4, 0.5) is 8.78 Å². The van der Waals surface area contributed by atoms with Gasteiger partial charge in [0.2, 0.25) is 12.3 Å². The van der Waals surface area contributed by atoms with Crippen molar-refractivity contribution in [3.05, 3.63) is 60.4 Å². The lowest BCUT2D eigenvalue weighted by Gasteiger charge is -2.14. The molecule has 0 saturated heterocycles. The van der Waals surface area contributed by atoms with E-state index < -0.39 is 30.8 Å². The van der Waals surface area contributed by atoms with Gasteiger partial charge in [0.1, 0.15) is 11.9 Å². The molecule has 1 unspecified atom stereocenters. The van der Waals surface area contributed by atoms with Crippen LogP contribution >= 0.6 is 0 Å². The number of benzene rings is 2. The third-order valence-corrected chi connectivity index (χ3v) is 4.27. The predicted molar refractivity (Wildman–Crippen MR) is 99.6 cm³/mol. The summed E-state index contributed by atoms with van der Waals surface area (Å²) in [7, 11) is 0. The number of carbonyl (C=O) groups is 2. The van der Waals surface area contributed by atoms with Gasteiger partial charge in [0.05, 0.1) is 11.0 Å². The molecule has 3 aromatic rings. The van der Waals surface area contributed by atoms with Crippen LogP contribution in [0.1, 0.15) is 18.7 Å². The maximum absolute atomic E-state index is 12.5. The van der Waals surface area contributed by atoms with Gasteiger partial charge in [0, 0.05) is 24.9 Å². The Morgan fingerprint density at radius 1 is 1.07 bits per heavy atom. The molecule has 3 rings (SSSR count). The van der Waals surface area contributed by atoms with Crippen molar-refractivity contribution in [3.63, 3.8) is 0 Å². The van der Waals surface area contributed by atoms with Crippen LogP contribution in [0, 0.1) is 0 Å². The number of para-hydroxylation sites is 3. The van der Waals surface area contributed by atoms with Crippen LogP contribution in [0.15, 0.2) is 54.6 Å². The Labute approximate surface area is 159 Å². The first kappa shape index (κ1) is 19.5. The van der Waals surface area contributed by atoms with E-state index in [1.54, 1.807) is 0 Å². The van der Waals surface area contributed by atoms with Crippen molar-refractivity contribution in [1.82, 2.24) is 14.9 Å². The number of aryl methyl sites for hydroxylation is 1. The summed E-state index contributed by atoms with van der Waals surface area (Å²) in [6.45, 7) is 0. The number of halogens is 2. The highest BCUT2D eigenvalue weighted by Crippen LogP contribution is 2.22. The highest BCUT2D eigenvalue weighted by atomic mass is 19.3. The number of aliphatic carboxylic acids is 1. The number of fused-ring (bicyclic) bond motifs is 1. The van der Waals surface area contributed by atoms with Crippen LogP contribution in [0.2, 0.25) is 0 Å². The first-order chi connectivity index (χ1) is 13.5. The molecule has 2 aromatic carbocycles. The quantitative estimate of drug-likeness (QED) is 0.622. The van der Waals surface area contributed by atoms with E-state index >= 15 is 0 Å². The van der Waals surface area contributed by atoms with E-state index in [-0.39, 0.29) is 12.8 Å². The Balaban J connectivity index is 1.79. The van der Waals surface area contributed by atoms with Gasteiger partial charge in [-0.25, -0.2) is 18.6 Å². The van der Waals surface area contributed by atoms with E-state index in [4.69, 9.17) is 5.11 Å². The van der Waals surface area contributed by atoms with Gasteiger partial charge in [-0.3, -0.25) is 9.36 Å². The van der Waals surface area contributed by atoms with Crippen molar-refractivity contribution in [2.45, 2.75) is 31.7 Å². The molecule has 8 heteroatoms. The zero-order valence-electron chi connectivity index (χ0n) is 14.9. The molecule has 1 atom stereocenters. The number of rotatable bonds is 8. The Morgan fingerprint density at radius 2 is 1.75 bits per heavy atom. The van der Waals surface area contributed by atoms with Crippen molar-refractivity contribution in [3.8, 4) is 5.69 Å². The van der Waals surface area contributed by atoms with Crippen LogP contribution in [-0.2, 0) is 16.0 Å². The molecule has 2 N–H and O–H groups in total. The minimum atomic E-state index is -2.82. The molecule has 0 spiro atoms. The number of carboxylic acid groups (broad SMARTS) is 1. The topological polar surface area (TPSA) is 84.2 Å². The van der Waals surface area contributed by atoms with Crippen LogP contribution in [0.25, 0.3) is 16.7 Å². The van der Waals surface area contributed by atoms with Crippen LogP contribution in [0.5, 0.6) is 0 Å². The molecule has 0 aliphatic carbocycles. The highest BCUT2D eigenvalue weighted by Gasteiger charge is 2.24. The fraction of sp³-hybridized carbons (Fsp3) is 0.250. The van der Waals surface area contributed by atoms with E-state index in [0.29, 0.717) is 5.82 Å². The summed E-state index contributed by atoms with van der Waals surface area (Å²) in [6.07, 6.45) is -3.58. The summed E-state index contributed by atoms with van der Waals surface area (Å²) in [5.41, 5.74) is 2.53. The molecule has 28 heavy (non-hydrogen) atoms. The number of hydrogen-bond donors (Lipinski definition) is 2. The maximum atomic E-state index is 12.5. The summed E-state index contributed by atoms with van der Waals surface area (Å²) in [5.74, 6) is -1.46. The molecule has 146 valence electrons. The molecule has 0 bridgehead atoms. The summed E-state index contributed by atoms with van der Waals surface area (Å²) < 4.78 is 26.9. The minimum absolute atomic E-state index is 0.0663. The second kappa shape index (κ2) is 8.60. The van der Waals surface area contributed by atoms with Crippen molar-refractivity contribution in [2.75, 3.05) is 0 Å². The standard InChI is InChI=1S/C20H19F2N3O3/c21-17(22)12-15(20(27)28)24-19(26)11-10-18-23-14-8-4-5-9-16(14)25(18)13-6-2-1-3-7-13/h1-9,15,17H,10-12H2,(H,24,26)(H,27,28). The van der Waals surface area contributed by atoms with E-state index in [9.17, 15) is 18.4 Å². The number of nitrogens with one attached hydrogen (secondary N) is 1. The maximum Gasteiger partial charge on any atom is 0.326 e. The molecule has 0 aliphatic heterocycles. The third kappa shape index (κ3) is 4.51. The largest absolute Gasteiger partial charge is 0.480 e. The molecular weight excluding hydrogens is 368 g/mol. The fourth-order valence-corrected chi connectivity index (χ4v) is 3.00. The van der Waals surface area contributed by atoms with E-state index in [1.165, 1.54) is 0 Å². The predicted octanol–water partition coefficient (Wildman–Crippen LogP) is 3.18. The van der Waals surface area contributed by atoms with Gasteiger partial charge in [0.15, 0.2) is 0 Å². The molecule has 0 aliphatic rings. The molecule has 0 saturated carbocycles. The van der Waals surface area contributed by atoms with E-state index in [0.717, 1.165) is 16.7 Å². The molecule has 0 fully saturated rings. The smallest absolute Gasteiger partial charge is 0.326 e. The van der Waals surface area contributed by atoms with Crippen LogP contribution in [0.3, 0.4) is 0 Å². The SMILES string of the molecule is O=C(CCc1nc2ccccc2n1-c1ccccc1)NC(CC(F)F)C(=O)O. The monoisotopic (exact) mass is 387 g/mol. The molecule has 1 aromatic heterocycles. The zero-order valence-corrected chi connectivity index (χ0v) is 14.9. The second-order valence-electron chi connectivity index (χ2n) is 6.27. The number of amides is 1. The van der Waals surface area contributed by atoms with Gasteiger partial charge < -0.3 is 10.4 Å². The molecule has 1 heterocycles. The Bertz CT molecular complexity index is 973. The summed E-state index contributed by atoms with van der Waals surface area (Å²) >= 11 is 0. The van der Waals surface area contributed by atoms with Crippen molar-refractivity contribution >= 4 is 22.9 Å². The van der Waals surface area contributed by atoms with Crippen molar-refractivity contribution < 1.29 is 23.5 Å². The number of carbonyl (C=O) groups excluding carboxylic acids is 1. The molecular formula is C20H19F2N3O3. The Hall–Kier alpha value is -3.29. The number of imidazole rings is 1. The molecule has 6 nitrogen and oxygen atoms in total.